The Balaban J connectivity index is 2.47. The number of nitrogens with one attached hydrogen (secondary N) is 1. The molecule has 32 heavy (non-hydrogen) atoms. The highest BCUT2D eigenvalue weighted by Gasteiger charge is 2.19. The first kappa shape index (κ1) is 25.3. The van der Waals surface area contributed by atoms with Gasteiger partial charge in [-0.25, -0.2) is 22.9 Å². The maximum absolute atomic E-state index is 12.8. The van der Waals surface area contributed by atoms with Crippen molar-refractivity contribution in [3.63, 3.8) is 0 Å². The molecule has 9 heteroatoms. The molecule has 7 nitrogen and oxygen atoms in total. The van der Waals surface area contributed by atoms with E-state index in [1.165, 1.54) is 18.2 Å². The first-order chi connectivity index (χ1) is 15.0. The molecule has 0 saturated carbocycles. The molecule has 0 saturated heterocycles. The van der Waals surface area contributed by atoms with E-state index in [2.05, 4.69) is 28.5 Å². The summed E-state index contributed by atoms with van der Waals surface area (Å²) in [6, 6.07) is 5.01. The topological polar surface area (TPSA) is 109 Å². The maximum atomic E-state index is 12.8. The molecule has 0 amide bonds. The number of sulfonamides is 1. The molecule has 0 aliphatic carbocycles. The van der Waals surface area contributed by atoms with Gasteiger partial charge in [0.05, 0.1) is 16.2 Å². The van der Waals surface area contributed by atoms with Crippen LogP contribution in [0.1, 0.15) is 48.8 Å². The van der Waals surface area contributed by atoms with Crippen molar-refractivity contribution in [2.45, 2.75) is 39.0 Å². The van der Waals surface area contributed by atoms with Gasteiger partial charge in [-0.1, -0.05) is 55.8 Å². The van der Waals surface area contributed by atoms with Gasteiger partial charge < -0.3 is 5.11 Å². The van der Waals surface area contributed by atoms with E-state index in [0.717, 1.165) is 18.1 Å². The highest BCUT2D eigenvalue weighted by atomic mass is 35.5. The minimum absolute atomic E-state index is 0.115. The SMILES string of the molecule is C/C=C/C=C\C(=C\c1nc(NS(=O)(=O)c2cccc(C(=O)O)c2)nc(Cl)c1C)CC(C)C. The summed E-state index contributed by atoms with van der Waals surface area (Å²) in [5, 5.41) is 9.23. The van der Waals surface area contributed by atoms with Gasteiger partial charge in [-0.05, 0) is 56.0 Å². The van der Waals surface area contributed by atoms with Crippen LogP contribution in [0.3, 0.4) is 0 Å². The summed E-state index contributed by atoms with van der Waals surface area (Å²) in [6.45, 7) is 7.88. The van der Waals surface area contributed by atoms with Crippen LogP contribution >= 0.6 is 11.6 Å². The van der Waals surface area contributed by atoms with Gasteiger partial charge in [0.15, 0.2) is 0 Å². The average molecular weight is 476 g/mol. The van der Waals surface area contributed by atoms with E-state index in [1.54, 1.807) is 6.92 Å². The summed E-state index contributed by atoms with van der Waals surface area (Å²) in [5.41, 5.74) is 1.95. The van der Waals surface area contributed by atoms with Gasteiger partial charge in [0.25, 0.3) is 10.0 Å². The summed E-state index contributed by atoms with van der Waals surface area (Å²) >= 11 is 6.25. The predicted octanol–water partition coefficient (Wildman–Crippen LogP) is 5.50. The molecule has 1 aromatic heterocycles. The van der Waals surface area contributed by atoms with Crippen molar-refractivity contribution >= 4 is 39.6 Å². The Labute approximate surface area is 193 Å². The lowest BCUT2D eigenvalue weighted by atomic mass is 10.0. The van der Waals surface area contributed by atoms with Gasteiger partial charge >= 0.3 is 5.97 Å². The van der Waals surface area contributed by atoms with E-state index < -0.39 is 16.0 Å². The van der Waals surface area contributed by atoms with Crippen molar-refractivity contribution in [1.82, 2.24) is 9.97 Å². The van der Waals surface area contributed by atoms with Gasteiger partial charge in [-0.15, -0.1) is 0 Å². The molecule has 1 heterocycles. The monoisotopic (exact) mass is 475 g/mol. The second kappa shape index (κ2) is 11.1. The van der Waals surface area contributed by atoms with Crippen LogP contribution in [0.25, 0.3) is 6.08 Å². The first-order valence-electron chi connectivity index (χ1n) is 9.93. The van der Waals surface area contributed by atoms with E-state index >= 15 is 0 Å². The van der Waals surface area contributed by atoms with Crippen molar-refractivity contribution in [3.05, 3.63) is 76.1 Å². The van der Waals surface area contributed by atoms with E-state index in [1.807, 2.05) is 37.3 Å². The zero-order valence-electron chi connectivity index (χ0n) is 18.3. The molecular formula is C23H26ClN3O4S. The number of anilines is 1. The predicted molar refractivity (Wildman–Crippen MR) is 127 cm³/mol. The fraction of sp³-hybridized carbons (Fsp3) is 0.261. The number of carboxylic acids is 1. The number of aromatic carboxylic acids is 1. The first-order valence-corrected chi connectivity index (χ1v) is 11.8. The number of halogens is 1. The van der Waals surface area contributed by atoms with Crippen LogP contribution in [0.4, 0.5) is 5.95 Å². The van der Waals surface area contributed by atoms with E-state index in [-0.39, 0.29) is 21.6 Å². The molecule has 0 radical (unpaired) electrons. The van der Waals surface area contributed by atoms with Crippen LogP contribution in [-0.4, -0.2) is 29.5 Å². The third-order valence-corrected chi connectivity index (χ3v) is 6.01. The summed E-state index contributed by atoms with van der Waals surface area (Å²) < 4.78 is 27.8. The molecule has 0 unspecified atom stereocenters. The average Bonchev–Trinajstić information content (AvgIpc) is 2.71. The lowest BCUT2D eigenvalue weighted by Crippen LogP contribution is -2.16. The van der Waals surface area contributed by atoms with Gasteiger partial charge in [0, 0.05) is 5.56 Å². The quantitative estimate of drug-likeness (QED) is 0.366. The number of nitrogens with zero attached hydrogens (tertiary/aromatic N) is 2. The molecule has 170 valence electrons. The number of carbonyl (C=O) groups is 1. The molecule has 0 bridgehead atoms. The lowest BCUT2D eigenvalue weighted by molar-refractivity contribution is 0.0696. The molecule has 2 rings (SSSR count). The minimum Gasteiger partial charge on any atom is -0.478 e. The van der Waals surface area contributed by atoms with Crippen molar-refractivity contribution in [3.8, 4) is 0 Å². The van der Waals surface area contributed by atoms with E-state index in [9.17, 15) is 13.2 Å². The number of rotatable bonds is 9. The molecule has 0 spiro atoms. The normalized spacial score (nSPS) is 12.8. The van der Waals surface area contributed by atoms with Crippen LogP contribution in [-0.2, 0) is 10.0 Å². The Bertz CT molecular complexity index is 1190. The molecule has 2 N–H and O–H groups in total. The van der Waals surface area contributed by atoms with Crippen molar-refractivity contribution < 1.29 is 18.3 Å². The van der Waals surface area contributed by atoms with Gasteiger partial charge in [-0.2, -0.15) is 4.98 Å². The highest BCUT2D eigenvalue weighted by molar-refractivity contribution is 7.92. The number of aromatic nitrogens is 2. The number of carboxylic acid groups (broad SMARTS) is 1. The van der Waals surface area contributed by atoms with Gasteiger partial charge in [0.1, 0.15) is 5.15 Å². The Morgan fingerprint density at radius 3 is 2.59 bits per heavy atom. The molecular weight excluding hydrogens is 450 g/mol. The molecule has 2 aromatic rings. The van der Waals surface area contributed by atoms with Crippen LogP contribution in [0, 0.1) is 12.8 Å². The third-order valence-electron chi connectivity index (χ3n) is 4.32. The number of allylic oxidation sites excluding steroid dienone is 5. The zero-order valence-corrected chi connectivity index (χ0v) is 19.9. The summed E-state index contributed by atoms with van der Waals surface area (Å²) in [4.78, 5) is 19.3. The number of hydrogen-bond acceptors (Lipinski definition) is 5. The lowest BCUT2D eigenvalue weighted by Gasteiger charge is -2.11. The smallest absolute Gasteiger partial charge is 0.335 e. The van der Waals surface area contributed by atoms with E-state index in [4.69, 9.17) is 16.7 Å². The van der Waals surface area contributed by atoms with Crippen molar-refractivity contribution in [2.24, 2.45) is 5.92 Å². The molecule has 0 fully saturated rings. The molecule has 1 aromatic carbocycles. The highest BCUT2D eigenvalue weighted by Crippen LogP contribution is 2.24. The zero-order chi connectivity index (χ0) is 23.9. The largest absolute Gasteiger partial charge is 0.478 e. The Kier molecular flexibility index (Phi) is 8.74. The Morgan fingerprint density at radius 1 is 1.25 bits per heavy atom. The van der Waals surface area contributed by atoms with Gasteiger partial charge in [-0.3, -0.25) is 0 Å². The Morgan fingerprint density at radius 2 is 1.97 bits per heavy atom. The summed E-state index contributed by atoms with van der Waals surface area (Å²) in [7, 11) is -4.12. The van der Waals surface area contributed by atoms with Crippen LogP contribution < -0.4 is 4.72 Å². The van der Waals surface area contributed by atoms with Crippen LogP contribution in [0.2, 0.25) is 5.15 Å². The fourth-order valence-electron chi connectivity index (χ4n) is 2.78. The fourth-order valence-corrected chi connectivity index (χ4v) is 3.95. The number of benzene rings is 1. The summed E-state index contributed by atoms with van der Waals surface area (Å²) in [5.74, 6) is -1.03. The van der Waals surface area contributed by atoms with E-state index in [0.29, 0.717) is 17.2 Å². The number of hydrogen-bond donors (Lipinski definition) is 2. The molecule has 0 aliphatic rings. The van der Waals surface area contributed by atoms with Crippen LogP contribution in [0.5, 0.6) is 0 Å². The minimum atomic E-state index is -4.12. The molecule has 0 atom stereocenters. The van der Waals surface area contributed by atoms with Crippen molar-refractivity contribution in [2.75, 3.05) is 4.72 Å². The molecule has 0 aliphatic heterocycles. The van der Waals surface area contributed by atoms with Crippen molar-refractivity contribution in [1.29, 1.82) is 0 Å². The van der Waals surface area contributed by atoms with Crippen LogP contribution in [0.15, 0.2) is 59.0 Å². The summed E-state index contributed by atoms with van der Waals surface area (Å²) in [6.07, 6.45) is 10.4. The Hall–Kier alpha value is -2.97. The van der Waals surface area contributed by atoms with Gasteiger partial charge in [0.2, 0.25) is 5.95 Å². The second-order valence-corrected chi connectivity index (χ2v) is 9.53. The standard InChI is InChI=1S/C23H26ClN3O4S/c1-5-6-7-9-17(12-15(2)3)13-20-16(4)21(24)26-23(25-20)27-32(30,31)19-11-8-10-18(14-19)22(28)29/h5-11,13-15H,12H2,1-4H3,(H,28,29)(H,25,26,27)/b6-5+,9-7-,17-13-. The second-order valence-electron chi connectivity index (χ2n) is 7.49. The third kappa shape index (κ3) is 7.03. The maximum Gasteiger partial charge on any atom is 0.335 e.